The van der Waals surface area contributed by atoms with Gasteiger partial charge in [0.2, 0.25) is 0 Å². The average Bonchev–Trinajstić information content (AvgIpc) is 2.89. The second-order valence-corrected chi connectivity index (χ2v) is 11.0. The smallest absolute Gasteiger partial charge is 0.326 e. The van der Waals surface area contributed by atoms with E-state index in [0.717, 1.165) is 19.3 Å². The summed E-state index contributed by atoms with van der Waals surface area (Å²) in [6.45, 7) is 13.2. The third-order valence-electron chi connectivity index (χ3n) is 6.99. The molecule has 0 amide bonds. The molecule has 1 rings (SSSR count). The molecule has 5 atom stereocenters. The van der Waals surface area contributed by atoms with Crippen LogP contribution >= 0.6 is 0 Å². The summed E-state index contributed by atoms with van der Waals surface area (Å²) in [5.41, 5.74) is 5.58. The molecule has 0 aliphatic heterocycles. The van der Waals surface area contributed by atoms with Crippen molar-refractivity contribution in [1.82, 2.24) is 0 Å². The molecule has 226 valence electrons. The molecule has 0 fully saturated rings. The summed E-state index contributed by atoms with van der Waals surface area (Å²) in [7, 11) is 1.24. The van der Waals surface area contributed by atoms with Gasteiger partial charge in [0, 0.05) is 19.3 Å². The number of rotatable bonds is 17. The van der Waals surface area contributed by atoms with Crippen LogP contribution in [0.2, 0.25) is 0 Å². The number of carbonyl (C=O) groups is 4. The van der Waals surface area contributed by atoms with Crippen molar-refractivity contribution in [2.24, 2.45) is 23.5 Å². The molecule has 0 spiro atoms. The molecule has 0 aliphatic rings. The predicted octanol–water partition coefficient (Wildman–Crippen LogP) is 5.54. The van der Waals surface area contributed by atoms with E-state index in [2.05, 4.69) is 0 Å². The molecule has 0 saturated carbocycles. The van der Waals surface area contributed by atoms with Gasteiger partial charge in [-0.2, -0.15) is 0 Å². The van der Waals surface area contributed by atoms with E-state index in [9.17, 15) is 19.2 Å². The van der Waals surface area contributed by atoms with E-state index in [4.69, 9.17) is 24.7 Å². The minimum Gasteiger partial charge on any atom is -0.468 e. The minimum atomic E-state index is -1.53. The standard InChI is InChI=1S/C31H49NO8/c1-9-12-21(5)28(34)39-25-15-14-24(17-26(25)40-29(35)22(6)13-10-2)19-31(32,30(36)37-8)18-23(7)38-27(33)16-20(4)11-3/h14-15,17,20-23H,9-13,16,18-19,32H2,1-8H3/t20?,21?,22?,23?,31-/m1/s1. The Bertz CT molecular complexity index is 994. The van der Waals surface area contributed by atoms with Crippen LogP contribution in [-0.2, 0) is 35.1 Å². The molecular formula is C31H49NO8. The summed E-state index contributed by atoms with van der Waals surface area (Å²) in [6.07, 6.45) is 3.43. The van der Waals surface area contributed by atoms with Gasteiger partial charge in [0.25, 0.3) is 0 Å². The lowest BCUT2D eigenvalue weighted by Crippen LogP contribution is -2.53. The predicted molar refractivity (Wildman–Crippen MR) is 153 cm³/mol. The van der Waals surface area contributed by atoms with Crippen molar-refractivity contribution >= 4 is 23.9 Å². The van der Waals surface area contributed by atoms with Crippen molar-refractivity contribution in [2.45, 2.75) is 111 Å². The summed E-state index contributed by atoms with van der Waals surface area (Å²) < 4.78 is 21.8. The highest BCUT2D eigenvalue weighted by Gasteiger charge is 2.38. The van der Waals surface area contributed by atoms with Crippen molar-refractivity contribution in [3.63, 3.8) is 0 Å². The number of benzene rings is 1. The van der Waals surface area contributed by atoms with Crippen LogP contribution in [0.15, 0.2) is 18.2 Å². The fourth-order valence-electron chi connectivity index (χ4n) is 4.40. The zero-order valence-electron chi connectivity index (χ0n) is 25.5. The zero-order valence-corrected chi connectivity index (χ0v) is 25.5. The Hall–Kier alpha value is -2.94. The number of hydrogen-bond donors (Lipinski definition) is 1. The highest BCUT2D eigenvalue weighted by molar-refractivity contribution is 5.81. The lowest BCUT2D eigenvalue weighted by Gasteiger charge is -2.29. The van der Waals surface area contributed by atoms with E-state index in [1.54, 1.807) is 32.9 Å². The first-order valence-electron chi connectivity index (χ1n) is 14.4. The van der Waals surface area contributed by atoms with E-state index in [1.807, 2.05) is 27.7 Å². The van der Waals surface area contributed by atoms with Gasteiger partial charge in [-0.15, -0.1) is 0 Å². The quantitative estimate of drug-likeness (QED) is 0.192. The number of ether oxygens (including phenoxy) is 4. The summed E-state index contributed by atoms with van der Waals surface area (Å²) in [5.74, 6) is -2.22. The van der Waals surface area contributed by atoms with Crippen LogP contribution in [0, 0.1) is 17.8 Å². The topological polar surface area (TPSA) is 131 Å². The maximum Gasteiger partial charge on any atom is 0.326 e. The van der Waals surface area contributed by atoms with Crippen molar-refractivity contribution < 1.29 is 38.1 Å². The van der Waals surface area contributed by atoms with Crippen LogP contribution in [0.25, 0.3) is 0 Å². The first-order chi connectivity index (χ1) is 18.8. The first kappa shape index (κ1) is 35.1. The second-order valence-electron chi connectivity index (χ2n) is 11.0. The summed E-state index contributed by atoms with van der Waals surface area (Å²) in [4.78, 5) is 50.5. The van der Waals surface area contributed by atoms with Gasteiger partial charge in [0.15, 0.2) is 11.5 Å². The highest BCUT2D eigenvalue weighted by atomic mass is 16.6. The molecule has 9 nitrogen and oxygen atoms in total. The Morgan fingerprint density at radius 1 is 0.875 bits per heavy atom. The molecule has 4 unspecified atom stereocenters. The Labute approximate surface area is 239 Å². The highest BCUT2D eigenvalue weighted by Crippen LogP contribution is 2.32. The molecule has 1 aromatic rings. The van der Waals surface area contributed by atoms with Gasteiger partial charge >= 0.3 is 23.9 Å². The SMILES string of the molecule is CCCC(C)C(=O)Oc1ccc(C[C@](N)(CC(C)OC(=O)CC(C)CC)C(=O)OC)cc1OC(=O)C(C)CCC. The third kappa shape index (κ3) is 11.3. The molecule has 9 heteroatoms. The van der Waals surface area contributed by atoms with Gasteiger partial charge in [-0.1, -0.05) is 66.9 Å². The van der Waals surface area contributed by atoms with Crippen molar-refractivity contribution in [3.8, 4) is 11.5 Å². The number of nitrogens with two attached hydrogens (primary N) is 1. The Balaban J connectivity index is 3.28. The average molecular weight is 564 g/mol. The normalized spacial score (nSPS) is 15.6. The van der Waals surface area contributed by atoms with Crippen molar-refractivity contribution in [1.29, 1.82) is 0 Å². The Morgan fingerprint density at radius 3 is 1.93 bits per heavy atom. The molecule has 2 N–H and O–H groups in total. The zero-order chi connectivity index (χ0) is 30.5. The molecule has 40 heavy (non-hydrogen) atoms. The number of carbonyl (C=O) groups excluding carboxylic acids is 4. The van der Waals surface area contributed by atoms with Gasteiger partial charge in [-0.05, 0) is 43.4 Å². The maximum absolute atomic E-state index is 12.8. The van der Waals surface area contributed by atoms with E-state index in [-0.39, 0.29) is 54.5 Å². The van der Waals surface area contributed by atoms with Crippen LogP contribution < -0.4 is 15.2 Å². The number of hydrogen-bond acceptors (Lipinski definition) is 9. The molecular weight excluding hydrogens is 514 g/mol. The van der Waals surface area contributed by atoms with E-state index >= 15 is 0 Å². The first-order valence-corrected chi connectivity index (χ1v) is 14.4. The summed E-state index contributed by atoms with van der Waals surface area (Å²) in [5, 5.41) is 0. The van der Waals surface area contributed by atoms with E-state index in [1.165, 1.54) is 13.2 Å². The van der Waals surface area contributed by atoms with Crippen molar-refractivity contribution in [3.05, 3.63) is 23.8 Å². The molecule has 0 heterocycles. The number of esters is 4. The summed E-state index contributed by atoms with van der Waals surface area (Å²) in [6, 6.07) is 4.74. The molecule has 0 aromatic heterocycles. The van der Waals surface area contributed by atoms with Crippen LogP contribution in [0.1, 0.15) is 99.0 Å². The van der Waals surface area contributed by atoms with Gasteiger partial charge in [-0.3, -0.25) is 19.2 Å². The van der Waals surface area contributed by atoms with Gasteiger partial charge in [0.05, 0.1) is 18.9 Å². The largest absolute Gasteiger partial charge is 0.468 e. The van der Waals surface area contributed by atoms with Crippen LogP contribution in [0.3, 0.4) is 0 Å². The molecule has 1 aromatic carbocycles. The lowest BCUT2D eigenvalue weighted by atomic mass is 9.86. The number of methoxy groups -OCH3 is 1. The van der Waals surface area contributed by atoms with Crippen LogP contribution in [0.5, 0.6) is 11.5 Å². The minimum absolute atomic E-state index is 0.00244. The third-order valence-corrected chi connectivity index (χ3v) is 6.99. The van der Waals surface area contributed by atoms with Gasteiger partial charge in [-0.25, -0.2) is 0 Å². The van der Waals surface area contributed by atoms with Crippen LogP contribution in [0.4, 0.5) is 0 Å². The second kappa shape index (κ2) is 17.0. The van der Waals surface area contributed by atoms with Crippen LogP contribution in [-0.4, -0.2) is 42.6 Å². The van der Waals surface area contributed by atoms with Gasteiger partial charge < -0.3 is 24.7 Å². The lowest BCUT2D eigenvalue weighted by molar-refractivity contribution is -0.155. The molecule has 0 bridgehead atoms. The van der Waals surface area contributed by atoms with Crippen molar-refractivity contribution in [2.75, 3.05) is 7.11 Å². The molecule has 0 saturated heterocycles. The Kier molecular flexibility index (Phi) is 14.9. The maximum atomic E-state index is 12.8. The monoisotopic (exact) mass is 563 g/mol. The van der Waals surface area contributed by atoms with Gasteiger partial charge in [0.1, 0.15) is 11.6 Å². The van der Waals surface area contributed by atoms with E-state index < -0.39 is 29.6 Å². The molecule has 0 radical (unpaired) electrons. The fourth-order valence-corrected chi connectivity index (χ4v) is 4.40. The Morgan fingerprint density at radius 2 is 1.43 bits per heavy atom. The van der Waals surface area contributed by atoms with E-state index in [0.29, 0.717) is 18.4 Å². The summed E-state index contributed by atoms with van der Waals surface area (Å²) >= 11 is 0. The fraction of sp³-hybridized carbons (Fsp3) is 0.677. The molecule has 0 aliphatic carbocycles.